The van der Waals surface area contributed by atoms with Crippen molar-refractivity contribution >= 4 is 38.9 Å². The summed E-state index contributed by atoms with van der Waals surface area (Å²) in [7, 11) is -3.49. The van der Waals surface area contributed by atoms with E-state index in [0.717, 1.165) is 43.4 Å². The maximum Gasteiger partial charge on any atom is 0.263 e. The predicted molar refractivity (Wildman–Crippen MR) is 128 cm³/mol. The molecule has 7 nitrogen and oxygen atoms in total. The van der Waals surface area contributed by atoms with Crippen molar-refractivity contribution in [2.75, 3.05) is 37.6 Å². The third-order valence-corrected chi connectivity index (χ3v) is 9.71. The molecule has 0 radical (unpaired) electrons. The van der Waals surface area contributed by atoms with Gasteiger partial charge in [-0.1, -0.05) is 12.5 Å². The molecule has 0 bridgehead atoms. The van der Waals surface area contributed by atoms with Gasteiger partial charge in [0.15, 0.2) is 0 Å². The molecule has 1 aromatic carbocycles. The molecule has 0 N–H and O–H groups in total. The number of thiophene rings is 1. The van der Waals surface area contributed by atoms with Crippen LogP contribution >= 0.6 is 11.3 Å². The molecule has 33 heavy (non-hydrogen) atoms. The molecular formula is C24H29N3O4S2. The number of anilines is 1. The Balaban J connectivity index is 1.31. The number of rotatable bonds is 4. The molecule has 0 aliphatic carbocycles. The Morgan fingerprint density at radius 1 is 0.970 bits per heavy atom. The van der Waals surface area contributed by atoms with Crippen LogP contribution in [0.5, 0.6) is 0 Å². The lowest BCUT2D eigenvalue weighted by atomic mass is 9.96. The summed E-state index contributed by atoms with van der Waals surface area (Å²) in [6.07, 6.45) is 5.10. The maximum atomic E-state index is 13.4. The number of hydrogen-bond acceptors (Lipinski definition) is 5. The van der Waals surface area contributed by atoms with Crippen molar-refractivity contribution in [1.29, 1.82) is 0 Å². The number of likely N-dealkylation sites (tertiary alicyclic amines) is 1. The molecule has 0 saturated carbocycles. The van der Waals surface area contributed by atoms with E-state index >= 15 is 0 Å². The quantitative estimate of drug-likeness (QED) is 0.663. The number of nitrogens with zero attached hydrogens (tertiary/aromatic N) is 3. The van der Waals surface area contributed by atoms with Crippen molar-refractivity contribution in [2.45, 2.75) is 43.4 Å². The predicted octanol–water partition coefficient (Wildman–Crippen LogP) is 3.36. The lowest BCUT2D eigenvalue weighted by Gasteiger charge is -2.34. The summed E-state index contributed by atoms with van der Waals surface area (Å²) < 4.78 is 27.7. The van der Waals surface area contributed by atoms with Gasteiger partial charge >= 0.3 is 0 Å². The number of piperidine rings is 2. The van der Waals surface area contributed by atoms with E-state index in [9.17, 15) is 18.0 Å². The molecule has 2 aromatic rings. The lowest BCUT2D eigenvalue weighted by molar-refractivity contribution is -0.123. The Kier molecular flexibility index (Phi) is 6.28. The molecule has 1 unspecified atom stereocenters. The second-order valence-electron chi connectivity index (χ2n) is 9.06. The highest BCUT2D eigenvalue weighted by atomic mass is 32.2. The highest BCUT2D eigenvalue weighted by molar-refractivity contribution is 7.89. The minimum absolute atomic E-state index is 0.00289. The zero-order valence-corrected chi connectivity index (χ0v) is 20.2. The number of sulfonamides is 1. The number of benzene rings is 1. The van der Waals surface area contributed by atoms with Gasteiger partial charge in [-0.15, -0.1) is 11.3 Å². The third kappa shape index (κ3) is 4.34. The van der Waals surface area contributed by atoms with Crippen molar-refractivity contribution in [1.82, 2.24) is 9.21 Å². The molecule has 9 heteroatoms. The second kappa shape index (κ2) is 9.19. The van der Waals surface area contributed by atoms with Crippen LogP contribution in [0.2, 0.25) is 0 Å². The molecule has 3 aliphatic rings. The van der Waals surface area contributed by atoms with Crippen molar-refractivity contribution in [3.63, 3.8) is 0 Å². The molecule has 0 spiro atoms. The van der Waals surface area contributed by atoms with E-state index in [4.69, 9.17) is 0 Å². The van der Waals surface area contributed by atoms with Gasteiger partial charge in [-0.2, -0.15) is 4.31 Å². The monoisotopic (exact) mass is 487 g/mol. The Labute approximate surface area is 199 Å². The first-order valence-electron chi connectivity index (χ1n) is 11.7. The van der Waals surface area contributed by atoms with E-state index in [0.29, 0.717) is 48.9 Å². The van der Waals surface area contributed by atoms with E-state index < -0.39 is 10.0 Å². The summed E-state index contributed by atoms with van der Waals surface area (Å²) in [6, 6.07) is 8.87. The van der Waals surface area contributed by atoms with Crippen LogP contribution in [0, 0.1) is 5.92 Å². The van der Waals surface area contributed by atoms with E-state index in [1.807, 2.05) is 17.5 Å². The van der Waals surface area contributed by atoms with Gasteiger partial charge in [0.2, 0.25) is 15.9 Å². The summed E-state index contributed by atoms with van der Waals surface area (Å²) in [6.45, 7) is 2.81. The maximum absolute atomic E-state index is 13.4. The molecule has 1 atom stereocenters. The Hall–Kier alpha value is -2.23. The first kappa shape index (κ1) is 22.6. The Morgan fingerprint density at radius 3 is 2.55 bits per heavy atom. The Bertz CT molecular complexity index is 1140. The zero-order valence-electron chi connectivity index (χ0n) is 18.6. The van der Waals surface area contributed by atoms with Crippen LogP contribution in [0.3, 0.4) is 0 Å². The number of fused-ring (bicyclic) bond motifs is 1. The second-order valence-corrected chi connectivity index (χ2v) is 11.9. The van der Waals surface area contributed by atoms with Crippen LogP contribution in [0.4, 0.5) is 5.69 Å². The lowest BCUT2D eigenvalue weighted by Crippen LogP contribution is -2.46. The van der Waals surface area contributed by atoms with Crippen molar-refractivity contribution in [3.8, 4) is 0 Å². The van der Waals surface area contributed by atoms with Crippen LogP contribution in [-0.4, -0.2) is 62.2 Å². The summed E-state index contributed by atoms with van der Waals surface area (Å²) in [5.74, 6) is -0.202. The average molecular weight is 488 g/mol. The molecule has 4 heterocycles. The van der Waals surface area contributed by atoms with Gasteiger partial charge in [-0.05, 0) is 67.3 Å². The van der Waals surface area contributed by atoms with Crippen LogP contribution in [0.15, 0.2) is 40.6 Å². The van der Waals surface area contributed by atoms with Gasteiger partial charge in [-0.3, -0.25) is 9.59 Å². The molecule has 2 amide bonds. The smallest absolute Gasteiger partial charge is 0.263 e. The summed E-state index contributed by atoms with van der Waals surface area (Å²) >= 11 is 1.42. The van der Waals surface area contributed by atoms with Gasteiger partial charge in [0.25, 0.3) is 5.91 Å². The average Bonchev–Trinajstić information content (AvgIpc) is 3.54. The molecule has 5 rings (SSSR count). The minimum Gasteiger partial charge on any atom is -0.337 e. The van der Waals surface area contributed by atoms with Crippen molar-refractivity contribution in [3.05, 3.63) is 46.2 Å². The molecule has 176 valence electrons. The fraction of sp³-hybridized carbons (Fsp3) is 0.500. The third-order valence-electron chi connectivity index (χ3n) is 6.96. The number of carbonyl (C=O) groups is 2. The summed E-state index contributed by atoms with van der Waals surface area (Å²) in [5.41, 5.74) is 1.71. The highest BCUT2D eigenvalue weighted by Gasteiger charge is 2.35. The SMILES string of the molecule is O=C(c1cccs1)N1CCCC(C(=O)N2CCc3cc(S(=O)(=O)N4CCCCC4)ccc32)C1. The number of carbonyl (C=O) groups excluding carboxylic acids is 2. The summed E-state index contributed by atoms with van der Waals surface area (Å²) in [4.78, 5) is 30.8. The number of hydrogen-bond donors (Lipinski definition) is 0. The van der Waals surface area contributed by atoms with E-state index in [2.05, 4.69) is 0 Å². The van der Waals surface area contributed by atoms with E-state index in [1.165, 1.54) is 11.3 Å². The molecule has 3 aliphatic heterocycles. The summed E-state index contributed by atoms with van der Waals surface area (Å²) in [5, 5.41) is 1.89. The molecule has 2 saturated heterocycles. The highest BCUT2D eigenvalue weighted by Crippen LogP contribution is 2.34. The van der Waals surface area contributed by atoms with Crippen LogP contribution in [0.25, 0.3) is 0 Å². The van der Waals surface area contributed by atoms with Gasteiger partial charge in [0, 0.05) is 38.4 Å². The van der Waals surface area contributed by atoms with Gasteiger partial charge < -0.3 is 9.80 Å². The van der Waals surface area contributed by atoms with Gasteiger partial charge in [0.1, 0.15) is 0 Å². The number of amides is 2. The van der Waals surface area contributed by atoms with Gasteiger partial charge in [0.05, 0.1) is 15.7 Å². The zero-order chi connectivity index (χ0) is 23.0. The van der Waals surface area contributed by atoms with Crippen LogP contribution in [-0.2, 0) is 21.2 Å². The van der Waals surface area contributed by atoms with E-state index in [-0.39, 0.29) is 17.7 Å². The molecule has 2 fully saturated rings. The van der Waals surface area contributed by atoms with Crippen molar-refractivity contribution in [2.24, 2.45) is 5.92 Å². The first-order valence-corrected chi connectivity index (χ1v) is 14.0. The van der Waals surface area contributed by atoms with E-state index in [1.54, 1.807) is 32.3 Å². The minimum atomic E-state index is -3.49. The molecular weight excluding hydrogens is 458 g/mol. The Morgan fingerprint density at radius 2 is 1.79 bits per heavy atom. The van der Waals surface area contributed by atoms with Crippen molar-refractivity contribution < 1.29 is 18.0 Å². The fourth-order valence-electron chi connectivity index (χ4n) is 5.16. The topological polar surface area (TPSA) is 78.0 Å². The van der Waals surface area contributed by atoms with Crippen LogP contribution in [0.1, 0.15) is 47.3 Å². The molecule has 1 aromatic heterocycles. The van der Waals surface area contributed by atoms with Gasteiger partial charge in [-0.25, -0.2) is 8.42 Å². The fourth-order valence-corrected chi connectivity index (χ4v) is 7.42. The first-order chi connectivity index (χ1) is 15.9. The normalized spacial score (nSPS) is 21.8. The largest absolute Gasteiger partial charge is 0.337 e. The standard InChI is InChI=1S/C24H29N3O4S2/c28-23(19-6-4-11-25(17-19)24(29)22-7-5-15-32-22)27-14-10-18-16-20(8-9-21(18)27)33(30,31)26-12-2-1-3-13-26/h5,7-9,15-16,19H,1-4,6,10-14,17H2. The van der Waals surface area contributed by atoms with Crippen LogP contribution < -0.4 is 4.90 Å².